The molecule has 5 atom stereocenters. The van der Waals surface area contributed by atoms with E-state index in [1.165, 1.54) is 36.4 Å². The Bertz CT molecular complexity index is 2050. The van der Waals surface area contributed by atoms with Gasteiger partial charge >= 0.3 is 0 Å². The lowest BCUT2D eigenvalue weighted by Gasteiger charge is -2.48. The van der Waals surface area contributed by atoms with Gasteiger partial charge in [-0.15, -0.1) is 0 Å². The summed E-state index contributed by atoms with van der Waals surface area (Å²) in [4.78, 5) is 104. The average Bonchev–Trinajstić information content (AvgIpc) is 3.28. The summed E-state index contributed by atoms with van der Waals surface area (Å²) in [5.41, 5.74) is 3.02. The van der Waals surface area contributed by atoms with Crippen LogP contribution in [0.4, 0.5) is 5.69 Å². The van der Waals surface area contributed by atoms with Gasteiger partial charge in [0.2, 0.25) is 5.91 Å². The molecule has 0 radical (unpaired) electrons. The molecule has 242 valence electrons. The molecule has 4 N–H and O–H groups in total. The van der Waals surface area contributed by atoms with Gasteiger partial charge in [0, 0.05) is 35.6 Å². The number of phenols is 1. The number of nitrogens with two attached hydrogens (primary N) is 1. The SMILES string of the molecule is NC(=O)C1C(=O)C[C@@H]2C[C@@H]3Cc4c(-c5cccc([N+](=O)[O-])c5)cc(CC5C(=O)c6ccccc6C5=O)c(O)c4C(=O)C3C(=O)[C@]2(O)C1=O. The van der Waals surface area contributed by atoms with E-state index in [9.17, 15) is 53.9 Å². The number of non-ortho nitro benzene ring substituents is 1. The fourth-order valence-corrected chi connectivity index (χ4v) is 8.10. The van der Waals surface area contributed by atoms with Crippen LogP contribution >= 0.6 is 0 Å². The molecule has 2 unspecified atom stereocenters. The fraction of sp³-hybridized carbons (Fsp3) is 0.286. The number of primary amides is 1. The second-order valence-corrected chi connectivity index (χ2v) is 12.9. The summed E-state index contributed by atoms with van der Waals surface area (Å²) in [6, 6.07) is 13.2. The zero-order valence-electron chi connectivity index (χ0n) is 25.0. The minimum atomic E-state index is -2.84. The molecule has 13 nitrogen and oxygen atoms in total. The zero-order valence-corrected chi connectivity index (χ0v) is 25.0. The molecule has 4 aliphatic carbocycles. The van der Waals surface area contributed by atoms with Gasteiger partial charge in [0.05, 0.1) is 22.3 Å². The number of nitrogens with zero attached hydrogens (tertiary/aromatic N) is 1. The van der Waals surface area contributed by atoms with Crippen LogP contribution in [0.1, 0.15) is 55.0 Å². The molecule has 7 rings (SSSR count). The third kappa shape index (κ3) is 4.23. The Morgan fingerprint density at radius 1 is 0.896 bits per heavy atom. The van der Waals surface area contributed by atoms with Crippen LogP contribution in [0.25, 0.3) is 11.1 Å². The highest BCUT2D eigenvalue weighted by molar-refractivity contribution is 6.31. The summed E-state index contributed by atoms with van der Waals surface area (Å²) < 4.78 is 0. The lowest BCUT2D eigenvalue weighted by molar-refractivity contribution is -0.384. The molecular weight excluding hydrogens is 624 g/mol. The average molecular weight is 651 g/mol. The van der Waals surface area contributed by atoms with Gasteiger partial charge in [-0.3, -0.25) is 43.7 Å². The van der Waals surface area contributed by atoms with E-state index in [2.05, 4.69) is 0 Å². The predicted octanol–water partition coefficient (Wildman–Crippen LogP) is 2.14. The first-order valence-corrected chi connectivity index (χ1v) is 15.2. The van der Waals surface area contributed by atoms with Crippen LogP contribution in [0.15, 0.2) is 54.6 Å². The Hall–Kier alpha value is -5.69. The van der Waals surface area contributed by atoms with Crippen LogP contribution < -0.4 is 5.73 Å². The maximum Gasteiger partial charge on any atom is 0.270 e. The Labute approximate surface area is 270 Å². The summed E-state index contributed by atoms with van der Waals surface area (Å²) >= 11 is 0. The number of phenolic OH excluding ortho intramolecular Hbond substituents is 1. The van der Waals surface area contributed by atoms with Crippen molar-refractivity contribution in [2.75, 3.05) is 0 Å². The van der Waals surface area contributed by atoms with Gasteiger partial charge in [-0.1, -0.05) is 36.4 Å². The Morgan fingerprint density at radius 3 is 2.19 bits per heavy atom. The molecule has 13 heteroatoms. The number of hydrogen-bond acceptors (Lipinski definition) is 11. The largest absolute Gasteiger partial charge is 0.507 e. The first-order valence-electron chi connectivity index (χ1n) is 15.2. The van der Waals surface area contributed by atoms with Crippen molar-refractivity contribution in [2.45, 2.75) is 31.3 Å². The first kappa shape index (κ1) is 30.9. The molecule has 4 aliphatic rings. The molecule has 3 aromatic carbocycles. The number of amides is 1. The normalized spacial score (nSPS) is 26.5. The number of rotatable bonds is 5. The number of carbonyl (C=O) groups is 7. The van der Waals surface area contributed by atoms with Crippen molar-refractivity contribution < 1.29 is 48.7 Å². The van der Waals surface area contributed by atoms with Crippen LogP contribution in [0.5, 0.6) is 5.75 Å². The molecule has 0 bridgehead atoms. The molecule has 48 heavy (non-hydrogen) atoms. The van der Waals surface area contributed by atoms with E-state index in [-0.39, 0.29) is 63.9 Å². The number of aromatic hydroxyl groups is 1. The standard InChI is InChI=1S/C35H26N2O11/c36-34(45)27-24(38)13-17-8-15-10-22-21(14-4-3-5-18(9-14)37(47)48)11-16(12-23-29(40)19-6-1-2-7-20(19)30(23)41)28(39)26(22)31(42)25(15)32(43)35(17,46)33(27)44/h1-7,9,11,15,17,23,25,27,39,46H,8,10,12-13H2,(H2,36,45)/t15-,17+,25?,27?,35+/m1/s1. The number of carbonyl (C=O) groups excluding carboxylic acids is 7. The fourth-order valence-electron chi connectivity index (χ4n) is 8.10. The molecule has 0 heterocycles. The molecular formula is C35H26N2O11. The zero-order chi connectivity index (χ0) is 34.4. The van der Waals surface area contributed by atoms with E-state index >= 15 is 0 Å². The van der Waals surface area contributed by atoms with Gasteiger partial charge in [-0.05, 0) is 53.5 Å². The number of nitro groups is 1. The summed E-state index contributed by atoms with van der Waals surface area (Å²) in [6.45, 7) is 0. The molecule has 1 amide bonds. The van der Waals surface area contributed by atoms with Crippen LogP contribution in [0.2, 0.25) is 0 Å². The van der Waals surface area contributed by atoms with Crippen molar-refractivity contribution in [1.82, 2.24) is 0 Å². The second kappa shape index (κ2) is 10.7. The predicted molar refractivity (Wildman–Crippen MR) is 163 cm³/mol. The van der Waals surface area contributed by atoms with Crippen LogP contribution in [0, 0.1) is 39.7 Å². The monoisotopic (exact) mass is 650 g/mol. The number of benzene rings is 3. The van der Waals surface area contributed by atoms with E-state index in [1.807, 2.05) is 0 Å². The number of hydrogen-bond donors (Lipinski definition) is 3. The second-order valence-electron chi connectivity index (χ2n) is 12.9. The van der Waals surface area contributed by atoms with E-state index in [4.69, 9.17) is 5.73 Å². The smallest absolute Gasteiger partial charge is 0.270 e. The number of ketones is 6. The number of Topliss-reactive ketones (excluding diaryl/α,β-unsaturated/α-hetero) is 6. The first-order chi connectivity index (χ1) is 22.7. The third-order valence-corrected chi connectivity index (χ3v) is 10.4. The Kier molecular flexibility index (Phi) is 6.88. The van der Waals surface area contributed by atoms with Crippen molar-refractivity contribution in [3.63, 3.8) is 0 Å². The van der Waals surface area contributed by atoms with E-state index in [1.54, 1.807) is 18.2 Å². The molecule has 3 aromatic rings. The summed E-state index contributed by atoms with van der Waals surface area (Å²) in [5, 5.41) is 34.8. The topological polar surface area (TPSA) is 229 Å². The molecule has 0 spiro atoms. The Balaban J connectivity index is 1.37. The number of aliphatic hydroxyl groups is 1. The van der Waals surface area contributed by atoms with Gasteiger partial charge in [0.25, 0.3) is 5.69 Å². The van der Waals surface area contributed by atoms with Crippen molar-refractivity contribution in [3.05, 3.63) is 92.5 Å². The summed E-state index contributed by atoms with van der Waals surface area (Å²) in [6.07, 6.45) is -1.04. The molecule has 0 saturated heterocycles. The third-order valence-electron chi connectivity index (χ3n) is 10.4. The van der Waals surface area contributed by atoms with E-state index in [0.29, 0.717) is 0 Å². The van der Waals surface area contributed by atoms with Gasteiger partial charge < -0.3 is 15.9 Å². The molecule has 0 aromatic heterocycles. The van der Waals surface area contributed by atoms with Gasteiger partial charge in [0.1, 0.15) is 5.75 Å². The molecule has 2 fully saturated rings. The minimum Gasteiger partial charge on any atom is -0.507 e. The highest BCUT2D eigenvalue weighted by Crippen LogP contribution is 2.52. The summed E-state index contributed by atoms with van der Waals surface area (Å²) in [7, 11) is 0. The van der Waals surface area contributed by atoms with Gasteiger partial charge in [-0.25, -0.2) is 0 Å². The lowest BCUT2D eigenvalue weighted by atomic mass is 9.53. The highest BCUT2D eigenvalue weighted by atomic mass is 16.6. The Morgan fingerprint density at radius 2 is 1.56 bits per heavy atom. The van der Waals surface area contributed by atoms with Gasteiger partial charge in [0.15, 0.2) is 46.2 Å². The van der Waals surface area contributed by atoms with Crippen LogP contribution in [0.3, 0.4) is 0 Å². The van der Waals surface area contributed by atoms with Crippen LogP contribution in [-0.4, -0.2) is 61.3 Å². The van der Waals surface area contributed by atoms with Crippen molar-refractivity contribution in [1.29, 1.82) is 0 Å². The lowest BCUT2D eigenvalue weighted by Crippen LogP contribution is -2.68. The van der Waals surface area contributed by atoms with Crippen molar-refractivity contribution in [2.24, 2.45) is 35.3 Å². The number of fused-ring (bicyclic) bond motifs is 4. The van der Waals surface area contributed by atoms with Gasteiger partial charge in [-0.2, -0.15) is 0 Å². The highest BCUT2D eigenvalue weighted by Gasteiger charge is 2.66. The van der Waals surface area contributed by atoms with Crippen molar-refractivity contribution >= 4 is 46.3 Å². The van der Waals surface area contributed by atoms with E-state index < -0.39 is 92.9 Å². The van der Waals surface area contributed by atoms with Crippen molar-refractivity contribution in [3.8, 4) is 16.9 Å². The summed E-state index contributed by atoms with van der Waals surface area (Å²) in [5.74, 6) is -14.3. The number of nitro benzene ring substituents is 1. The maximum atomic E-state index is 14.3. The quantitative estimate of drug-likeness (QED) is 0.206. The maximum absolute atomic E-state index is 14.3. The van der Waals surface area contributed by atoms with Crippen LogP contribution in [-0.2, 0) is 32.0 Å². The minimum absolute atomic E-state index is 0.00505. The van der Waals surface area contributed by atoms with E-state index in [0.717, 1.165) is 0 Å². The molecule has 2 saturated carbocycles. The molecule has 0 aliphatic heterocycles.